The number of nitrogens with zero attached hydrogens (tertiary/aromatic N) is 1. The summed E-state index contributed by atoms with van der Waals surface area (Å²) in [5.74, 6) is -1.13. The number of oxime groups is 1. The normalized spacial score (nSPS) is 19.6. The predicted molar refractivity (Wildman–Crippen MR) is 71.1 cm³/mol. The van der Waals surface area contributed by atoms with Crippen molar-refractivity contribution in [1.29, 1.82) is 0 Å². The van der Waals surface area contributed by atoms with Crippen LogP contribution in [0.1, 0.15) is 24.8 Å². The maximum Gasteiger partial charge on any atom is 0.253 e. The average molecular weight is 281 g/mol. The van der Waals surface area contributed by atoms with Gasteiger partial charge >= 0.3 is 0 Å². The zero-order valence-corrected chi connectivity index (χ0v) is 10.8. The maximum atomic E-state index is 13.2. The standard InChI is InChI=1S/C13H16FN3O3/c14-8-4-5-10(9(7-8)12(15)17-19)16-13(18)11-3-1-2-6-20-11/h4-5,7,11,19H,1-3,6H2,(H2,15,17)(H,16,18). The van der Waals surface area contributed by atoms with Crippen molar-refractivity contribution in [2.75, 3.05) is 11.9 Å². The number of ether oxygens (including phenoxy) is 1. The number of nitrogens with two attached hydrogens (primary N) is 1. The number of amidine groups is 1. The first-order chi connectivity index (χ1) is 9.61. The van der Waals surface area contributed by atoms with E-state index in [0.29, 0.717) is 13.0 Å². The van der Waals surface area contributed by atoms with E-state index in [1.165, 1.54) is 12.1 Å². The third kappa shape index (κ3) is 3.24. The minimum Gasteiger partial charge on any atom is -0.409 e. The van der Waals surface area contributed by atoms with Gasteiger partial charge in [0.2, 0.25) is 0 Å². The van der Waals surface area contributed by atoms with Crippen LogP contribution in [0.5, 0.6) is 0 Å². The molecule has 1 atom stereocenters. The number of benzene rings is 1. The second kappa shape index (κ2) is 6.33. The van der Waals surface area contributed by atoms with Gasteiger partial charge in [-0.05, 0) is 37.5 Å². The van der Waals surface area contributed by atoms with E-state index in [1.54, 1.807) is 0 Å². The fourth-order valence-corrected chi connectivity index (χ4v) is 2.05. The lowest BCUT2D eigenvalue weighted by Gasteiger charge is -2.22. The van der Waals surface area contributed by atoms with E-state index in [2.05, 4.69) is 10.5 Å². The van der Waals surface area contributed by atoms with Crippen LogP contribution in [0.4, 0.5) is 10.1 Å². The highest BCUT2D eigenvalue weighted by Crippen LogP contribution is 2.19. The lowest BCUT2D eigenvalue weighted by molar-refractivity contribution is -0.129. The van der Waals surface area contributed by atoms with Crippen LogP contribution in [0.3, 0.4) is 0 Å². The first-order valence-electron chi connectivity index (χ1n) is 6.31. The van der Waals surface area contributed by atoms with Crippen LogP contribution in [0.15, 0.2) is 23.4 Å². The van der Waals surface area contributed by atoms with Gasteiger partial charge in [-0.1, -0.05) is 5.16 Å². The Labute approximate surface area is 115 Å². The Balaban J connectivity index is 2.18. The van der Waals surface area contributed by atoms with Gasteiger partial charge in [0.15, 0.2) is 5.84 Å². The SMILES string of the molecule is N/C(=N/O)c1cc(F)ccc1NC(=O)C1CCCCO1. The molecule has 1 aliphatic rings. The van der Waals surface area contributed by atoms with E-state index in [1.807, 2.05) is 0 Å². The van der Waals surface area contributed by atoms with Gasteiger partial charge in [0.05, 0.1) is 5.69 Å². The van der Waals surface area contributed by atoms with Crippen LogP contribution in [0, 0.1) is 5.82 Å². The van der Waals surface area contributed by atoms with E-state index in [9.17, 15) is 9.18 Å². The number of halogens is 1. The molecule has 1 aromatic carbocycles. The highest BCUT2D eigenvalue weighted by Gasteiger charge is 2.23. The van der Waals surface area contributed by atoms with Crippen molar-refractivity contribution in [2.24, 2.45) is 10.9 Å². The summed E-state index contributed by atoms with van der Waals surface area (Å²) in [5, 5.41) is 14.1. The molecule has 7 heteroatoms. The molecule has 0 spiro atoms. The molecule has 1 aromatic rings. The Morgan fingerprint density at radius 2 is 2.30 bits per heavy atom. The fourth-order valence-electron chi connectivity index (χ4n) is 2.05. The molecule has 1 amide bonds. The van der Waals surface area contributed by atoms with Crippen LogP contribution in [0.25, 0.3) is 0 Å². The Morgan fingerprint density at radius 3 is 2.95 bits per heavy atom. The van der Waals surface area contributed by atoms with Crippen LogP contribution < -0.4 is 11.1 Å². The molecule has 1 saturated heterocycles. The Kier molecular flexibility index (Phi) is 4.52. The highest BCUT2D eigenvalue weighted by atomic mass is 19.1. The van der Waals surface area contributed by atoms with Crippen molar-refractivity contribution in [1.82, 2.24) is 0 Å². The molecule has 4 N–H and O–H groups in total. The summed E-state index contributed by atoms with van der Waals surface area (Å²) in [4.78, 5) is 12.0. The smallest absolute Gasteiger partial charge is 0.253 e. The second-order valence-electron chi connectivity index (χ2n) is 4.52. The molecule has 0 saturated carbocycles. The van der Waals surface area contributed by atoms with E-state index in [-0.39, 0.29) is 23.0 Å². The lowest BCUT2D eigenvalue weighted by atomic mass is 10.1. The molecular weight excluding hydrogens is 265 g/mol. The van der Waals surface area contributed by atoms with Gasteiger partial charge in [-0.25, -0.2) is 4.39 Å². The summed E-state index contributed by atoms with van der Waals surface area (Å²) >= 11 is 0. The van der Waals surface area contributed by atoms with Crippen LogP contribution in [-0.2, 0) is 9.53 Å². The summed E-state index contributed by atoms with van der Waals surface area (Å²) < 4.78 is 18.6. The molecule has 1 heterocycles. The predicted octanol–water partition coefficient (Wildman–Crippen LogP) is 1.43. The number of carbonyl (C=O) groups is 1. The van der Waals surface area contributed by atoms with E-state index >= 15 is 0 Å². The Hall–Kier alpha value is -2.15. The highest BCUT2D eigenvalue weighted by molar-refractivity contribution is 6.06. The van der Waals surface area contributed by atoms with Crippen molar-refractivity contribution in [3.63, 3.8) is 0 Å². The summed E-state index contributed by atoms with van der Waals surface area (Å²) in [6, 6.07) is 3.64. The number of rotatable bonds is 3. The molecule has 1 fully saturated rings. The van der Waals surface area contributed by atoms with Crippen molar-refractivity contribution < 1.29 is 19.1 Å². The van der Waals surface area contributed by atoms with Crippen molar-refractivity contribution in [3.8, 4) is 0 Å². The minimum atomic E-state index is -0.543. The lowest BCUT2D eigenvalue weighted by Crippen LogP contribution is -2.33. The number of hydrogen-bond donors (Lipinski definition) is 3. The molecule has 1 aliphatic heterocycles. The summed E-state index contributed by atoms with van der Waals surface area (Å²) in [5.41, 5.74) is 5.87. The van der Waals surface area contributed by atoms with Gasteiger partial charge in [0, 0.05) is 12.2 Å². The zero-order chi connectivity index (χ0) is 14.5. The number of hydrogen-bond acceptors (Lipinski definition) is 4. The number of anilines is 1. The molecule has 0 radical (unpaired) electrons. The Morgan fingerprint density at radius 1 is 1.50 bits per heavy atom. The number of nitrogens with one attached hydrogen (secondary N) is 1. The minimum absolute atomic E-state index is 0.122. The maximum absolute atomic E-state index is 13.2. The van der Waals surface area contributed by atoms with Crippen LogP contribution in [-0.4, -0.2) is 29.7 Å². The summed E-state index contributed by atoms with van der Waals surface area (Å²) in [6.07, 6.45) is 1.99. The molecule has 108 valence electrons. The van der Waals surface area contributed by atoms with Gasteiger partial charge in [0.25, 0.3) is 5.91 Å². The zero-order valence-electron chi connectivity index (χ0n) is 10.8. The molecule has 2 rings (SSSR count). The van der Waals surface area contributed by atoms with Gasteiger partial charge in [-0.2, -0.15) is 0 Å². The monoisotopic (exact) mass is 281 g/mol. The molecule has 6 nitrogen and oxygen atoms in total. The largest absolute Gasteiger partial charge is 0.409 e. The van der Waals surface area contributed by atoms with Crippen molar-refractivity contribution in [2.45, 2.75) is 25.4 Å². The van der Waals surface area contributed by atoms with Crippen molar-refractivity contribution in [3.05, 3.63) is 29.6 Å². The van der Waals surface area contributed by atoms with Crippen molar-refractivity contribution >= 4 is 17.4 Å². The van der Waals surface area contributed by atoms with E-state index in [0.717, 1.165) is 18.9 Å². The molecule has 20 heavy (non-hydrogen) atoms. The first-order valence-corrected chi connectivity index (χ1v) is 6.31. The number of amides is 1. The molecule has 0 aromatic heterocycles. The third-order valence-corrected chi connectivity index (χ3v) is 3.10. The average Bonchev–Trinajstić information content (AvgIpc) is 2.49. The molecule has 0 aliphatic carbocycles. The molecular formula is C13H16FN3O3. The summed E-state index contributed by atoms with van der Waals surface area (Å²) in [7, 11) is 0. The Bertz CT molecular complexity index is 528. The van der Waals surface area contributed by atoms with Crippen LogP contribution in [0.2, 0.25) is 0 Å². The van der Waals surface area contributed by atoms with Gasteiger partial charge in [0.1, 0.15) is 11.9 Å². The molecule has 1 unspecified atom stereocenters. The quantitative estimate of drug-likeness (QED) is 0.338. The first kappa shape index (κ1) is 14.3. The summed E-state index contributed by atoms with van der Waals surface area (Å²) in [6.45, 7) is 0.550. The third-order valence-electron chi connectivity index (χ3n) is 3.10. The van der Waals surface area contributed by atoms with Gasteiger partial charge in [-0.15, -0.1) is 0 Å². The second-order valence-corrected chi connectivity index (χ2v) is 4.52. The number of carbonyl (C=O) groups excluding carboxylic acids is 1. The topological polar surface area (TPSA) is 96.9 Å². The van der Waals surface area contributed by atoms with Gasteiger partial charge in [-0.3, -0.25) is 4.79 Å². The fraction of sp³-hybridized carbons (Fsp3) is 0.385. The van der Waals surface area contributed by atoms with Gasteiger partial charge < -0.3 is 21.0 Å². The molecule has 0 bridgehead atoms. The van der Waals surface area contributed by atoms with Crippen LogP contribution >= 0.6 is 0 Å². The van der Waals surface area contributed by atoms with E-state index < -0.39 is 11.9 Å². The van der Waals surface area contributed by atoms with E-state index in [4.69, 9.17) is 15.7 Å².